The maximum Gasteiger partial charge on any atom is 0.220 e. The van der Waals surface area contributed by atoms with E-state index >= 15 is 0 Å². The van der Waals surface area contributed by atoms with E-state index < -0.39 is 14.8 Å². The number of benzene rings is 1. The molecule has 0 unspecified atom stereocenters. The zero-order chi connectivity index (χ0) is 19.6. The molecule has 5 nitrogen and oxygen atoms in total. The molecule has 0 heterocycles. The molecule has 1 aromatic carbocycles. The van der Waals surface area contributed by atoms with Crippen molar-refractivity contribution >= 4 is 15.9 Å². The van der Waals surface area contributed by atoms with Crippen LogP contribution in [0.1, 0.15) is 70.9 Å². The smallest absolute Gasteiger partial charge is 0.220 e. The Balaban J connectivity index is 2.21. The molecule has 0 saturated carbocycles. The summed E-state index contributed by atoms with van der Waals surface area (Å²) in [4.78, 5) is 11.9. The first-order valence-corrected chi connectivity index (χ1v) is 11.0. The Labute approximate surface area is 159 Å². The number of nitrogens with one attached hydrogen (secondary N) is 2. The Morgan fingerprint density at radius 3 is 2.19 bits per heavy atom. The Kier molecular flexibility index (Phi) is 9.30. The molecule has 26 heavy (non-hydrogen) atoms. The second-order valence-corrected chi connectivity index (χ2v) is 10.2. The number of carbonyl (C=O) groups is 1. The summed E-state index contributed by atoms with van der Waals surface area (Å²) in [6.07, 6.45) is 5.20. The van der Waals surface area contributed by atoms with Gasteiger partial charge in [-0.25, -0.2) is 13.1 Å². The summed E-state index contributed by atoms with van der Waals surface area (Å²) < 4.78 is 25.6. The van der Waals surface area contributed by atoms with Crippen molar-refractivity contribution in [2.75, 3.05) is 6.54 Å². The van der Waals surface area contributed by atoms with Crippen molar-refractivity contribution in [1.29, 1.82) is 0 Å². The Morgan fingerprint density at radius 1 is 1.00 bits per heavy atom. The van der Waals surface area contributed by atoms with Crippen molar-refractivity contribution < 1.29 is 13.2 Å². The number of aryl methyl sites for hydroxylation is 1. The molecule has 148 valence electrons. The van der Waals surface area contributed by atoms with Gasteiger partial charge in [-0.2, -0.15) is 0 Å². The average molecular weight is 383 g/mol. The van der Waals surface area contributed by atoms with Gasteiger partial charge in [0, 0.05) is 19.5 Å². The summed E-state index contributed by atoms with van der Waals surface area (Å²) in [6.45, 7) is 8.08. The molecule has 6 heteroatoms. The van der Waals surface area contributed by atoms with Gasteiger partial charge in [-0.3, -0.25) is 4.79 Å². The van der Waals surface area contributed by atoms with Crippen LogP contribution in [0.4, 0.5) is 0 Å². The van der Waals surface area contributed by atoms with E-state index in [0.717, 1.165) is 12.0 Å². The summed E-state index contributed by atoms with van der Waals surface area (Å²) in [7, 11) is -3.30. The van der Waals surface area contributed by atoms with Crippen molar-refractivity contribution in [3.05, 3.63) is 35.4 Å². The van der Waals surface area contributed by atoms with Gasteiger partial charge in [0.05, 0.1) is 4.75 Å². The van der Waals surface area contributed by atoms with Crippen LogP contribution in [0.5, 0.6) is 0 Å². The minimum absolute atomic E-state index is 0.00117. The average Bonchev–Trinajstić information content (AvgIpc) is 2.57. The molecule has 0 aliphatic rings. The molecule has 0 aromatic heterocycles. The van der Waals surface area contributed by atoms with Crippen LogP contribution in [-0.2, 0) is 27.8 Å². The fraction of sp³-hybridized carbons (Fsp3) is 0.650. The molecule has 0 fully saturated rings. The van der Waals surface area contributed by atoms with E-state index in [2.05, 4.69) is 41.2 Å². The van der Waals surface area contributed by atoms with Crippen molar-refractivity contribution in [3.63, 3.8) is 0 Å². The van der Waals surface area contributed by atoms with Crippen molar-refractivity contribution in [2.24, 2.45) is 0 Å². The molecule has 0 saturated heterocycles. The lowest BCUT2D eigenvalue weighted by atomic mass is 10.1. The van der Waals surface area contributed by atoms with E-state index in [0.29, 0.717) is 32.4 Å². The number of rotatable bonds is 11. The predicted molar refractivity (Wildman–Crippen MR) is 107 cm³/mol. The summed E-state index contributed by atoms with van der Waals surface area (Å²) >= 11 is 0. The third-order valence-electron chi connectivity index (χ3n) is 4.26. The maximum absolute atomic E-state index is 11.9. The molecule has 0 radical (unpaired) electrons. The summed E-state index contributed by atoms with van der Waals surface area (Å²) in [5, 5.41) is 2.92. The predicted octanol–water partition coefficient (Wildman–Crippen LogP) is 3.53. The van der Waals surface area contributed by atoms with E-state index in [9.17, 15) is 13.2 Å². The summed E-state index contributed by atoms with van der Waals surface area (Å²) in [6, 6.07) is 8.37. The van der Waals surface area contributed by atoms with Gasteiger partial charge >= 0.3 is 0 Å². The molecule has 2 N–H and O–H groups in total. The lowest BCUT2D eigenvalue weighted by molar-refractivity contribution is -0.121. The molecule has 0 aliphatic carbocycles. The highest BCUT2D eigenvalue weighted by Crippen LogP contribution is 2.13. The monoisotopic (exact) mass is 382 g/mol. The van der Waals surface area contributed by atoms with Gasteiger partial charge in [0.15, 0.2) is 0 Å². The van der Waals surface area contributed by atoms with E-state index in [4.69, 9.17) is 0 Å². The van der Waals surface area contributed by atoms with Gasteiger partial charge in [-0.15, -0.1) is 0 Å². The number of amides is 1. The van der Waals surface area contributed by atoms with Gasteiger partial charge in [0.25, 0.3) is 0 Å². The number of unbranched alkanes of at least 4 members (excludes halogenated alkanes) is 2. The first-order valence-electron chi connectivity index (χ1n) is 9.49. The van der Waals surface area contributed by atoms with Gasteiger partial charge in [0.2, 0.25) is 15.9 Å². The highest BCUT2D eigenvalue weighted by atomic mass is 32.2. The molecule has 1 amide bonds. The van der Waals surface area contributed by atoms with Crippen LogP contribution in [0.15, 0.2) is 24.3 Å². The van der Waals surface area contributed by atoms with Gasteiger partial charge in [0.1, 0.15) is 0 Å². The molecular formula is C20H34N2O3S. The van der Waals surface area contributed by atoms with Crippen LogP contribution >= 0.6 is 0 Å². The van der Waals surface area contributed by atoms with Gasteiger partial charge in [-0.1, -0.05) is 37.6 Å². The van der Waals surface area contributed by atoms with Gasteiger partial charge in [-0.05, 0) is 57.6 Å². The van der Waals surface area contributed by atoms with Crippen molar-refractivity contribution in [1.82, 2.24) is 10.0 Å². The first kappa shape index (κ1) is 22.6. The number of hydrogen-bond donors (Lipinski definition) is 2. The minimum atomic E-state index is -3.30. The highest BCUT2D eigenvalue weighted by molar-refractivity contribution is 7.90. The molecule has 1 aromatic rings. The molecule has 0 aliphatic heterocycles. The van der Waals surface area contributed by atoms with Crippen molar-refractivity contribution in [3.8, 4) is 0 Å². The SMILES string of the molecule is CCCCc1ccc(CNC(=O)CCCCNS(=O)(=O)C(C)(C)C)cc1. The van der Waals surface area contributed by atoms with Crippen LogP contribution in [0.25, 0.3) is 0 Å². The largest absolute Gasteiger partial charge is 0.352 e. The Bertz CT molecular complexity index is 647. The molecule has 0 bridgehead atoms. The number of hydrogen-bond acceptors (Lipinski definition) is 3. The molecule has 0 atom stereocenters. The lowest BCUT2D eigenvalue weighted by Crippen LogP contribution is -2.39. The topological polar surface area (TPSA) is 75.3 Å². The van der Waals surface area contributed by atoms with Crippen molar-refractivity contribution in [2.45, 2.75) is 77.5 Å². The first-order chi connectivity index (χ1) is 12.2. The summed E-state index contributed by atoms with van der Waals surface area (Å²) in [5.74, 6) is -0.00117. The lowest BCUT2D eigenvalue weighted by Gasteiger charge is -2.19. The maximum atomic E-state index is 11.9. The Morgan fingerprint density at radius 2 is 1.62 bits per heavy atom. The summed E-state index contributed by atoms with van der Waals surface area (Å²) in [5.41, 5.74) is 2.43. The van der Waals surface area contributed by atoms with E-state index in [1.54, 1.807) is 20.8 Å². The fourth-order valence-electron chi connectivity index (χ4n) is 2.33. The third-order valence-corrected chi connectivity index (χ3v) is 6.46. The van der Waals surface area contributed by atoms with E-state index in [1.165, 1.54) is 18.4 Å². The normalized spacial score (nSPS) is 12.2. The number of carbonyl (C=O) groups excluding carboxylic acids is 1. The standard InChI is InChI=1S/C20H34N2O3S/c1-5-6-9-17-11-13-18(14-12-17)16-21-19(23)10-7-8-15-22-26(24,25)20(2,3)4/h11-14,22H,5-10,15-16H2,1-4H3,(H,21,23). The second-order valence-electron chi connectivity index (χ2n) is 7.66. The fourth-order valence-corrected chi connectivity index (χ4v) is 3.17. The van der Waals surface area contributed by atoms with E-state index in [-0.39, 0.29) is 5.91 Å². The number of sulfonamides is 1. The quantitative estimate of drug-likeness (QED) is 0.575. The van der Waals surface area contributed by atoms with Crippen LogP contribution in [-0.4, -0.2) is 25.6 Å². The molecule has 0 spiro atoms. The van der Waals surface area contributed by atoms with Crippen LogP contribution in [0, 0.1) is 0 Å². The zero-order valence-corrected chi connectivity index (χ0v) is 17.4. The van der Waals surface area contributed by atoms with E-state index in [1.807, 2.05) is 0 Å². The van der Waals surface area contributed by atoms with Crippen LogP contribution < -0.4 is 10.0 Å². The Hall–Kier alpha value is -1.40. The highest BCUT2D eigenvalue weighted by Gasteiger charge is 2.27. The second kappa shape index (κ2) is 10.7. The minimum Gasteiger partial charge on any atom is -0.352 e. The van der Waals surface area contributed by atoms with Gasteiger partial charge < -0.3 is 5.32 Å². The molecule has 1 rings (SSSR count). The van der Waals surface area contributed by atoms with Crippen LogP contribution in [0.3, 0.4) is 0 Å². The third kappa shape index (κ3) is 8.32. The van der Waals surface area contributed by atoms with Crippen LogP contribution in [0.2, 0.25) is 0 Å². The molecular weight excluding hydrogens is 348 g/mol. The zero-order valence-electron chi connectivity index (χ0n) is 16.6.